The molecular weight excluding hydrogens is 336 g/mol. The highest BCUT2D eigenvalue weighted by atomic mass is 16.5. The average Bonchev–Trinajstić information content (AvgIpc) is 3.56. The number of aliphatic imine (C=N–C) groups is 3. The summed E-state index contributed by atoms with van der Waals surface area (Å²) in [7, 11) is 2.62. The van der Waals surface area contributed by atoms with E-state index in [1.54, 1.807) is 0 Å². The van der Waals surface area contributed by atoms with Crippen molar-refractivity contribution in [2.45, 2.75) is 43.8 Å². The lowest BCUT2D eigenvalue weighted by Gasteiger charge is -2.05. The van der Waals surface area contributed by atoms with Crippen molar-refractivity contribution in [3.05, 3.63) is 22.5 Å². The van der Waals surface area contributed by atoms with Crippen LogP contribution in [0.2, 0.25) is 0 Å². The van der Waals surface area contributed by atoms with Crippen molar-refractivity contribution in [3.8, 4) is 0 Å². The van der Waals surface area contributed by atoms with E-state index in [1.807, 2.05) is 0 Å². The summed E-state index contributed by atoms with van der Waals surface area (Å²) in [5.74, 6) is -1.08. The molecule has 2 bridgehead atoms. The standard InChI is InChI=1S/C18H18N4O4/c1-25-17(23)15-13-5-11-9(20-11)3-7-8(19-7)4-10-12(21-10)6-14(22-13)16(15)18(24)26-2/h7,11-12,22H,3-6H2,1-2H3. The average molecular weight is 354 g/mol. The van der Waals surface area contributed by atoms with E-state index in [4.69, 9.17) is 9.47 Å². The lowest BCUT2D eigenvalue weighted by molar-refractivity contribution is 0.0555. The van der Waals surface area contributed by atoms with Gasteiger partial charge in [0.05, 0.1) is 43.5 Å². The third-order valence-electron chi connectivity index (χ3n) is 5.41. The quantitative estimate of drug-likeness (QED) is 0.798. The molecule has 5 heterocycles. The monoisotopic (exact) mass is 354 g/mol. The largest absolute Gasteiger partial charge is 0.465 e. The molecule has 0 spiro atoms. The van der Waals surface area contributed by atoms with Gasteiger partial charge in [0.15, 0.2) is 0 Å². The van der Waals surface area contributed by atoms with Gasteiger partial charge in [-0.05, 0) is 0 Å². The first-order valence-electron chi connectivity index (χ1n) is 8.69. The van der Waals surface area contributed by atoms with Crippen LogP contribution in [0.4, 0.5) is 0 Å². The summed E-state index contributed by atoms with van der Waals surface area (Å²) in [5.41, 5.74) is 5.30. The Morgan fingerprint density at radius 3 is 1.81 bits per heavy atom. The summed E-state index contributed by atoms with van der Waals surface area (Å²) in [6.45, 7) is 0. The van der Waals surface area contributed by atoms with Crippen molar-refractivity contribution in [3.63, 3.8) is 0 Å². The SMILES string of the molecule is COC(=O)c1c2[nH]c(c1C(=O)OC)CC1N=C1CC1N=C1CC1=NC1C2. The minimum Gasteiger partial charge on any atom is -0.465 e. The van der Waals surface area contributed by atoms with Gasteiger partial charge in [0.2, 0.25) is 0 Å². The fraction of sp³-hybridized carbons (Fsp3) is 0.500. The van der Waals surface area contributed by atoms with Gasteiger partial charge >= 0.3 is 11.9 Å². The Hall–Kier alpha value is -2.77. The van der Waals surface area contributed by atoms with E-state index < -0.39 is 11.9 Å². The van der Waals surface area contributed by atoms with E-state index in [2.05, 4.69) is 20.0 Å². The third kappa shape index (κ3) is 2.48. The fourth-order valence-corrected chi connectivity index (χ4v) is 3.83. The number of aromatic nitrogens is 1. The summed E-state index contributed by atoms with van der Waals surface area (Å²) in [6, 6.07) is 0.416. The van der Waals surface area contributed by atoms with Gasteiger partial charge in [0.1, 0.15) is 0 Å². The second kappa shape index (κ2) is 5.36. The normalized spacial score (nSPS) is 27.6. The number of rotatable bonds is 2. The van der Waals surface area contributed by atoms with Crippen molar-refractivity contribution in [2.24, 2.45) is 15.0 Å². The number of carbonyl (C=O) groups is 2. The summed E-state index contributed by atoms with van der Waals surface area (Å²) in [5, 5.41) is 0. The van der Waals surface area contributed by atoms with Gasteiger partial charge in [0.25, 0.3) is 0 Å². The Morgan fingerprint density at radius 1 is 0.808 bits per heavy atom. The van der Waals surface area contributed by atoms with Crippen LogP contribution in [0.25, 0.3) is 0 Å². The molecule has 0 radical (unpaired) electrons. The Kier molecular flexibility index (Phi) is 3.19. The number of carbonyl (C=O) groups excluding carboxylic acids is 2. The number of hydrogen-bond donors (Lipinski definition) is 1. The molecule has 0 fully saturated rings. The molecule has 1 aromatic rings. The maximum absolute atomic E-state index is 12.4. The predicted molar refractivity (Wildman–Crippen MR) is 93.8 cm³/mol. The first-order valence-corrected chi connectivity index (χ1v) is 8.69. The van der Waals surface area contributed by atoms with Crippen LogP contribution in [0.5, 0.6) is 0 Å². The Bertz CT molecular complexity index is 939. The van der Waals surface area contributed by atoms with Gasteiger partial charge in [-0.15, -0.1) is 0 Å². The molecule has 0 saturated carbocycles. The van der Waals surface area contributed by atoms with Gasteiger partial charge in [-0.1, -0.05) is 0 Å². The first kappa shape index (κ1) is 15.5. The van der Waals surface area contributed by atoms with Crippen LogP contribution in [0.3, 0.4) is 0 Å². The molecular formula is C18H18N4O4. The summed E-state index contributed by atoms with van der Waals surface area (Å²) >= 11 is 0. The molecule has 134 valence electrons. The zero-order chi connectivity index (χ0) is 18.0. The van der Waals surface area contributed by atoms with E-state index >= 15 is 0 Å². The van der Waals surface area contributed by atoms with Gasteiger partial charge in [-0.2, -0.15) is 0 Å². The zero-order valence-electron chi connectivity index (χ0n) is 14.5. The number of nitrogens with one attached hydrogen (secondary N) is 1. The van der Waals surface area contributed by atoms with Gasteiger partial charge < -0.3 is 14.5 Å². The minimum atomic E-state index is -0.541. The number of nitrogens with zero attached hydrogens (tertiary/aromatic N) is 3. The number of esters is 2. The van der Waals surface area contributed by atoms with Crippen LogP contribution in [0.15, 0.2) is 15.0 Å². The molecule has 0 aromatic carbocycles. The number of fused-ring (bicyclic) bond motifs is 5. The van der Waals surface area contributed by atoms with E-state index in [0.717, 1.165) is 24.3 Å². The van der Waals surface area contributed by atoms with E-state index in [9.17, 15) is 9.59 Å². The molecule has 4 aliphatic rings. The predicted octanol–water partition coefficient (Wildman–Crippen LogP) is 0.936. The lowest BCUT2D eigenvalue weighted by Crippen LogP contribution is -2.16. The molecule has 0 saturated heterocycles. The van der Waals surface area contributed by atoms with E-state index in [1.165, 1.54) is 19.9 Å². The molecule has 8 nitrogen and oxygen atoms in total. The molecule has 1 aromatic heterocycles. The second-order valence-electron chi connectivity index (χ2n) is 7.01. The molecule has 8 heteroatoms. The molecule has 3 unspecified atom stereocenters. The van der Waals surface area contributed by atoms with Crippen molar-refractivity contribution < 1.29 is 19.1 Å². The van der Waals surface area contributed by atoms with Crippen molar-refractivity contribution >= 4 is 29.1 Å². The van der Waals surface area contributed by atoms with Crippen molar-refractivity contribution in [1.82, 2.24) is 4.98 Å². The van der Waals surface area contributed by atoms with E-state index in [0.29, 0.717) is 24.2 Å². The molecule has 26 heavy (non-hydrogen) atoms. The maximum atomic E-state index is 12.4. The van der Waals surface area contributed by atoms with Gasteiger partial charge in [0, 0.05) is 54.2 Å². The first-order chi connectivity index (χ1) is 12.6. The van der Waals surface area contributed by atoms with Gasteiger partial charge in [-0.25, -0.2) is 9.59 Å². The van der Waals surface area contributed by atoms with Crippen LogP contribution in [-0.4, -0.2) is 66.4 Å². The van der Waals surface area contributed by atoms with Crippen LogP contribution in [0, 0.1) is 0 Å². The molecule has 0 amide bonds. The number of ether oxygens (including phenoxy) is 2. The Balaban J connectivity index is 1.54. The van der Waals surface area contributed by atoms with Crippen LogP contribution >= 0.6 is 0 Å². The van der Waals surface area contributed by atoms with Gasteiger partial charge in [-0.3, -0.25) is 15.0 Å². The minimum absolute atomic E-state index is 0.0620. The molecule has 5 rings (SSSR count). The third-order valence-corrected chi connectivity index (χ3v) is 5.41. The van der Waals surface area contributed by atoms with Crippen molar-refractivity contribution in [1.29, 1.82) is 0 Å². The van der Waals surface area contributed by atoms with Crippen LogP contribution < -0.4 is 0 Å². The zero-order valence-corrected chi connectivity index (χ0v) is 14.5. The maximum Gasteiger partial charge on any atom is 0.340 e. The topological polar surface area (TPSA) is 105 Å². The number of methoxy groups -OCH3 is 2. The fourth-order valence-electron chi connectivity index (χ4n) is 3.83. The molecule has 0 aliphatic carbocycles. The number of hydrogen-bond acceptors (Lipinski definition) is 7. The number of aromatic amines is 1. The van der Waals surface area contributed by atoms with Crippen molar-refractivity contribution in [2.75, 3.05) is 14.2 Å². The Labute approximate surface area is 149 Å². The van der Waals surface area contributed by atoms with Crippen LogP contribution in [0.1, 0.15) is 44.9 Å². The highest BCUT2D eigenvalue weighted by Gasteiger charge is 2.42. The Morgan fingerprint density at radius 2 is 1.27 bits per heavy atom. The second-order valence-corrected chi connectivity index (χ2v) is 7.01. The lowest BCUT2D eigenvalue weighted by atomic mass is 9.99. The number of H-pyrrole nitrogens is 1. The van der Waals surface area contributed by atoms with E-state index in [-0.39, 0.29) is 29.3 Å². The molecule has 3 atom stereocenters. The highest BCUT2D eigenvalue weighted by Crippen LogP contribution is 2.34. The smallest absolute Gasteiger partial charge is 0.340 e. The molecule has 4 aliphatic heterocycles. The summed E-state index contributed by atoms with van der Waals surface area (Å²) in [4.78, 5) is 41.7. The summed E-state index contributed by atoms with van der Waals surface area (Å²) in [6.07, 6.45) is 2.74. The molecule has 1 N–H and O–H groups in total. The van der Waals surface area contributed by atoms with Crippen LogP contribution in [-0.2, 0) is 22.3 Å². The highest BCUT2D eigenvalue weighted by molar-refractivity contribution is 6.20. The summed E-state index contributed by atoms with van der Waals surface area (Å²) < 4.78 is 9.85.